The summed E-state index contributed by atoms with van der Waals surface area (Å²) in [6, 6.07) is 7.82. The van der Waals surface area contributed by atoms with Crippen molar-refractivity contribution in [3.05, 3.63) is 30.5 Å². The van der Waals surface area contributed by atoms with Crippen LogP contribution in [0.25, 0.3) is 11.0 Å². The summed E-state index contributed by atoms with van der Waals surface area (Å²) in [5, 5.41) is 2.94. The van der Waals surface area contributed by atoms with Gasteiger partial charge in [-0.25, -0.2) is 0 Å². The quantitative estimate of drug-likeness (QED) is 0.793. The molecule has 0 bridgehead atoms. The van der Waals surface area contributed by atoms with Gasteiger partial charge >= 0.3 is 0 Å². The maximum Gasteiger partial charge on any atom is 0.238 e. The summed E-state index contributed by atoms with van der Waals surface area (Å²) in [6.45, 7) is 0.856. The summed E-state index contributed by atoms with van der Waals surface area (Å²) in [5.74, 6) is 0.0820. The summed E-state index contributed by atoms with van der Waals surface area (Å²) in [7, 11) is 0. The van der Waals surface area contributed by atoms with Gasteiger partial charge in [-0.15, -0.1) is 0 Å². The number of furan rings is 1. The van der Waals surface area contributed by atoms with Gasteiger partial charge < -0.3 is 4.42 Å². The van der Waals surface area contributed by atoms with Gasteiger partial charge in [-0.1, -0.05) is 0 Å². The first-order valence-corrected chi connectivity index (χ1v) is 5.37. The summed E-state index contributed by atoms with van der Waals surface area (Å²) >= 11 is 0. The fourth-order valence-electron chi connectivity index (χ4n) is 1.98. The van der Waals surface area contributed by atoms with Gasteiger partial charge in [0.25, 0.3) is 0 Å². The SMILES string of the molecule is O=C1CCCN(c2ccc3occc3c2)N1. The largest absolute Gasteiger partial charge is 0.464 e. The molecule has 4 nitrogen and oxygen atoms in total. The average Bonchev–Trinajstić information content (AvgIpc) is 2.75. The lowest BCUT2D eigenvalue weighted by Crippen LogP contribution is -2.46. The van der Waals surface area contributed by atoms with Crippen molar-refractivity contribution < 1.29 is 9.21 Å². The van der Waals surface area contributed by atoms with E-state index in [-0.39, 0.29) is 5.91 Å². The van der Waals surface area contributed by atoms with E-state index in [1.807, 2.05) is 29.3 Å². The highest BCUT2D eigenvalue weighted by Crippen LogP contribution is 2.23. The fraction of sp³-hybridized carbons (Fsp3) is 0.250. The molecule has 1 fully saturated rings. The van der Waals surface area contributed by atoms with E-state index < -0.39 is 0 Å². The second kappa shape index (κ2) is 3.56. The standard InChI is InChI=1S/C12H12N2O2/c15-12-2-1-6-14(13-12)10-3-4-11-9(8-10)5-7-16-11/h3-5,7-8H,1-2,6H2,(H,13,15). The number of carbonyl (C=O) groups is 1. The molecule has 16 heavy (non-hydrogen) atoms. The normalized spacial score (nSPS) is 16.5. The second-order valence-electron chi connectivity index (χ2n) is 3.93. The van der Waals surface area contributed by atoms with Gasteiger partial charge in [0.05, 0.1) is 12.0 Å². The minimum atomic E-state index is 0.0820. The first-order valence-electron chi connectivity index (χ1n) is 5.37. The molecule has 3 rings (SSSR count). The minimum absolute atomic E-state index is 0.0820. The number of hydrogen-bond donors (Lipinski definition) is 1. The lowest BCUT2D eigenvalue weighted by molar-refractivity contribution is -0.122. The molecule has 2 aromatic rings. The molecule has 1 amide bonds. The predicted molar refractivity (Wildman–Crippen MR) is 60.9 cm³/mol. The van der Waals surface area contributed by atoms with Crippen LogP contribution in [0.15, 0.2) is 34.9 Å². The number of nitrogens with zero attached hydrogens (tertiary/aromatic N) is 1. The predicted octanol–water partition coefficient (Wildman–Crippen LogP) is 2.06. The molecule has 1 N–H and O–H groups in total. The van der Waals surface area contributed by atoms with Gasteiger partial charge in [0.1, 0.15) is 5.58 Å². The van der Waals surface area contributed by atoms with E-state index in [0.29, 0.717) is 6.42 Å². The highest BCUT2D eigenvalue weighted by atomic mass is 16.3. The van der Waals surface area contributed by atoms with Gasteiger partial charge in [0.15, 0.2) is 0 Å². The van der Waals surface area contributed by atoms with Crippen molar-refractivity contribution in [1.82, 2.24) is 5.43 Å². The van der Waals surface area contributed by atoms with Crippen LogP contribution in [0.1, 0.15) is 12.8 Å². The molecule has 1 aromatic heterocycles. The highest BCUT2D eigenvalue weighted by Gasteiger charge is 2.16. The number of nitrogens with one attached hydrogen (secondary N) is 1. The summed E-state index contributed by atoms with van der Waals surface area (Å²) in [6.07, 6.45) is 3.18. The van der Waals surface area contributed by atoms with Crippen molar-refractivity contribution >= 4 is 22.6 Å². The zero-order chi connectivity index (χ0) is 11.0. The molecule has 1 aromatic carbocycles. The molecule has 0 unspecified atom stereocenters. The number of benzene rings is 1. The topological polar surface area (TPSA) is 45.5 Å². The molecular formula is C12H12N2O2. The molecule has 1 saturated heterocycles. The Balaban J connectivity index is 1.95. The zero-order valence-corrected chi connectivity index (χ0v) is 8.77. The Morgan fingerprint density at radius 3 is 3.12 bits per heavy atom. The third-order valence-electron chi connectivity index (χ3n) is 2.79. The van der Waals surface area contributed by atoms with Crippen LogP contribution >= 0.6 is 0 Å². The molecule has 0 radical (unpaired) electrons. The van der Waals surface area contributed by atoms with Crippen LogP contribution < -0.4 is 10.4 Å². The van der Waals surface area contributed by atoms with E-state index in [0.717, 1.165) is 29.6 Å². The lowest BCUT2D eigenvalue weighted by Gasteiger charge is -2.29. The van der Waals surface area contributed by atoms with Crippen LogP contribution in [0.4, 0.5) is 5.69 Å². The molecule has 1 aliphatic heterocycles. The Morgan fingerprint density at radius 1 is 1.31 bits per heavy atom. The Morgan fingerprint density at radius 2 is 2.25 bits per heavy atom. The lowest BCUT2D eigenvalue weighted by atomic mass is 10.2. The first kappa shape index (κ1) is 9.27. The second-order valence-corrected chi connectivity index (χ2v) is 3.93. The van der Waals surface area contributed by atoms with Crippen LogP contribution in [-0.4, -0.2) is 12.5 Å². The van der Waals surface area contributed by atoms with E-state index in [4.69, 9.17) is 4.42 Å². The number of carbonyl (C=O) groups excluding carboxylic acids is 1. The van der Waals surface area contributed by atoms with Crippen molar-refractivity contribution in [2.24, 2.45) is 0 Å². The molecule has 1 aliphatic rings. The van der Waals surface area contributed by atoms with Crippen LogP contribution in [0.3, 0.4) is 0 Å². The van der Waals surface area contributed by atoms with Gasteiger partial charge in [0, 0.05) is 18.4 Å². The third kappa shape index (κ3) is 1.52. The Hall–Kier alpha value is -1.97. The summed E-state index contributed by atoms with van der Waals surface area (Å²) in [5.41, 5.74) is 4.72. The van der Waals surface area contributed by atoms with Crippen molar-refractivity contribution in [3.63, 3.8) is 0 Å². The summed E-state index contributed by atoms with van der Waals surface area (Å²) < 4.78 is 5.28. The minimum Gasteiger partial charge on any atom is -0.464 e. The number of anilines is 1. The third-order valence-corrected chi connectivity index (χ3v) is 2.79. The van der Waals surface area contributed by atoms with E-state index in [1.165, 1.54) is 0 Å². The Labute approximate surface area is 92.8 Å². The number of hydrogen-bond acceptors (Lipinski definition) is 3. The summed E-state index contributed by atoms with van der Waals surface area (Å²) in [4.78, 5) is 11.3. The van der Waals surface area contributed by atoms with Crippen LogP contribution in [0.2, 0.25) is 0 Å². The van der Waals surface area contributed by atoms with Crippen LogP contribution in [-0.2, 0) is 4.79 Å². The zero-order valence-electron chi connectivity index (χ0n) is 8.77. The van der Waals surface area contributed by atoms with Crippen molar-refractivity contribution in [1.29, 1.82) is 0 Å². The number of rotatable bonds is 1. The van der Waals surface area contributed by atoms with Crippen molar-refractivity contribution in [2.45, 2.75) is 12.8 Å². The fourth-order valence-corrected chi connectivity index (χ4v) is 1.98. The maximum absolute atomic E-state index is 11.3. The van der Waals surface area contributed by atoms with Crippen LogP contribution in [0.5, 0.6) is 0 Å². The smallest absolute Gasteiger partial charge is 0.238 e. The van der Waals surface area contributed by atoms with E-state index in [1.54, 1.807) is 6.26 Å². The number of hydrazine groups is 1. The molecule has 2 heterocycles. The average molecular weight is 216 g/mol. The molecule has 0 atom stereocenters. The molecule has 4 heteroatoms. The molecular weight excluding hydrogens is 204 g/mol. The maximum atomic E-state index is 11.3. The molecule has 0 saturated carbocycles. The van der Waals surface area contributed by atoms with E-state index >= 15 is 0 Å². The molecule has 0 aliphatic carbocycles. The van der Waals surface area contributed by atoms with E-state index in [9.17, 15) is 4.79 Å². The Bertz CT molecular complexity index is 533. The van der Waals surface area contributed by atoms with Gasteiger partial charge in [-0.2, -0.15) is 0 Å². The van der Waals surface area contributed by atoms with Crippen molar-refractivity contribution in [3.8, 4) is 0 Å². The van der Waals surface area contributed by atoms with Gasteiger partial charge in [-0.05, 0) is 30.7 Å². The highest BCUT2D eigenvalue weighted by molar-refractivity contribution is 5.83. The van der Waals surface area contributed by atoms with Crippen molar-refractivity contribution in [2.75, 3.05) is 11.6 Å². The molecule has 82 valence electrons. The number of amides is 1. The Kier molecular flexibility index (Phi) is 2.06. The monoisotopic (exact) mass is 216 g/mol. The molecule has 0 spiro atoms. The number of fused-ring (bicyclic) bond motifs is 1. The van der Waals surface area contributed by atoms with Crippen LogP contribution in [0, 0.1) is 0 Å². The van der Waals surface area contributed by atoms with Gasteiger partial charge in [0.2, 0.25) is 5.91 Å². The van der Waals surface area contributed by atoms with E-state index in [2.05, 4.69) is 5.43 Å². The van der Waals surface area contributed by atoms with Gasteiger partial charge in [-0.3, -0.25) is 15.2 Å². The first-order chi connectivity index (χ1) is 7.83.